The second-order valence-electron chi connectivity index (χ2n) is 3.48. The predicted molar refractivity (Wildman–Crippen MR) is 65.6 cm³/mol. The minimum absolute atomic E-state index is 0.0356. The summed E-state index contributed by atoms with van der Waals surface area (Å²) in [5.74, 6) is 0.522. The third-order valence-electron chi connectivity index (χ3n) is 2.21. The second-order valence-corrected chi connectivity index (χ2v) is 5.25. The Bertz CT molecular complexity index is 373. The summed E-state index contributed by atoms with van der Waals surface area (Å²) in [6.07, 6.45) is 2.91. The molecule has 0 fully saturated rings. The van der Waals surface area contributed by atoms with Gasteiger partial charge in [-0.25, -0.2) is 0 Å². The molecule has 1 unspecified atom stereocenters. The van der Waals surface area contributed by atoms with Gasteiger partial charge in [0.2, 0.25) is 0 Å². The highest BCUT2D eigenvalue weighted by Gasteiger charge is 2.05. The Labute approximate surface area is 101 Å². The van der Waals surface area contributed by atoms with Crippen LogP contribution in [0.2, 0.25) is 0 Å². The van der Waals surface area contributed by atoms with Crippen LogP contribution in [-0.4, -0.2) is 4.57 Å². The molecular formula is C10H13Br2NO. The van der Waals surface area contributed by atoms with Crippen LogP contribution in [0.5, 0.6) is 0 Å². The molecule has 1 aromatic rings. The van der Waals surface area contributed by atoms with Gasteiger partial charge in [-0.1, -0.05) is 20.3 Å². The van der Waals surface area contributed by atoms with E-state index in [-0.39, 0.29) is 5.56 Å². The quantitative estimate of drug-likeness (QED) is 0.835. The zero-order valence-electron chi connectivity index (χ0n) is 8.26. The molecule has 0 bridgehead atoms. The van der Waals surface area contributed by atoms with Gasteiger partial charge in [-0.15, -0.1) is 0 Å². The lowest BCUT2D eigenvalue weighted by Crippen LogP contribution is -2.23. The van der Waals surface area contributed by atoms with Crippen LogP contribution in [0.4, 0.5) is 0 Å². The van der Waals surface area contributed by atoms with Crippen molar-refractivity contribution in [3.63, 3.8) is 0 Å². The molecule has 0 radical (unpaired) electrons. The molecule has 78 valence electrons. The van der Waals surface area contributed by atoms with Gasteiger partial charge in [0.25, 0.3) is 5.56 Å². The van der Waals surface area contributed by atoms with E-state index in [0.717, 1.165) is 17.4 Å². The van der Waals surface area contributed by atoms with E-state index in [0.29, 0.717) is 10.4 Å². The van der Waals surface area contributed by atoms with Crippen LogP contribution in [0.15, 0.2) is 26.0 Å². The van der Waals surface area contributed by atoms with Gasteiger partial charge >= 0.3 is 0 Å². The SMILES string of the molecule is CCC(C)Cn1cc(Br)cc(Br)c1=O. The molecule has 0 aliphatic rings. The number of hydrogen-bond acceptors (Lipinski definition) is 1. The molecule has 4 heteroatoms. The van der Waals surface area contributed by atoms with Crippen molar-refractivity contribution in [2.75, 3.05) is 0 Å². The van der Waals surface area contributed by atoms with E-state index in [2.05, 4.69) is 45.7 Å². The minimum Gasteiger partial charge on any atom is -0.313 e. The molecule has 0 aliphatic heterocycles. The van der Waals surface area contributed by atoms with E-state index in [1.807, 2.05) is 6.20 Å². The van der Waals surface area contributed by atoms with Crippen LogP contribution in [0, 0.1) is 5.92 Å². The molecule has 0 N–H and O–H groups in total. The lowest BCUT2D eigenvalue weighted by atomic mass is 10.1. The topological polar surface area (TPSA) is 22.0 Å². The van der Waals surface area contributed by atoms with Crippen molar-refractivity contribution in [2.45, 2.75) is 26.8 Å². The fraction of sp³-hybridized carbons (Fsp3) is 0.500. The van der Waals surface area contributed by atoms with Gasteiger partial charge in [-0.3, -0.25) is 4.79 Å². The summed E-state index contributed by atoms with van der Waals surface area (Å²) in [7, 11) is 0. The molecule has 0 aromatic carbocycles. The van der Waals surface area contributed by atoms with Crippen LogP contribution >= 0.6 is 31.9 Å². The molecule has 0 saturated heterocycles. The first-order valence-corrected chi connectivity index (χ1v) is 6.18. The Balaban J connectivity index is 3.02. The van der Waals surface area contributed by atoms with Crippen molar-refractivity contribution in [3.05, 3.63) is 31.6 Å². The number of nitrogens with zero attached hydrogens (tertiary/aromatic N) is 1. The van der Waals surface area contributed by atoms with Crippen molar-refractivity contribution in [1.29, 1.82) is 0 Å². The van der Waals surface area contributed by atoms with Crippen molar-refractivity contribution in [2.24, 2.45) is 5.92 Å². The first-order chi connectivity index (χ1) is 6.54. The summed E-state index contributed by atoms with van der Waals surface area (Å²) in [6.45, 7) is 5.04. The van der Waals surface area contributed by atoms with Crippen molar-refractivity contribution < 1.29 is 0 Å². The Hall–Kier alpha value is -0.0900. The van der Waals surface area contributed by atoms with Gasteiger partial charge in [0.05, 0.1) is 4.47 Å². The van der Waals surface area contributed by atoms with E-state index in [4.69, 9.17) is 0 Å². The van der Waals surface area contributed by atoms with Crippen LogP contribution < -0.4 is 5.56 Å². The Kier molecular flexibility index (Phi) is 4.38. The van der Waals surface area contributed by atoms with Gasteiger partial charge in [-0.2, -0.15) is 0 Å². The monoisotopic (exact) mass is 321 g/mol. The van der Waals surface area contributed by atoms with Crippen LogP contribution in [0.1, 0.15) is 20.3 Å². The third-order valence-corrected chi connectivity index (χ3v) is 3.22. The molecule has 1 atom stereocenters. The number of pyridine rings is 1. The highest BCUT2D eigenvalue weighted by atomic mass is 79.9. The zero-order valence-corrected chi connectivity index (χ0v) is 11.4. The van der Waals surface area contributed by atoms with E-state index >= 15 is 0 Å². The standard InChI is InChI=1S/C10H13Br2NO/c1-3-7(2)5-13-6-8(11)4-9(12)10(13)14/h4,6-7H,3,5H2,1-2H3. The van der Waals surface area contributed by atoms with Gasteiger partial charge < -0.3 is 4.57 Å². The number of rotatable bonds is 3. The van der Waals surface area contributed by atoms with Crippen molar-refractivity contribution in [1.82, 2.24) is 4.57 Å². The molecule has 1 rings (SSSR count). The summed E-state index contributed by atoms with van der Waals surface area (Å²) in [6, 6.07) is 1.77. The molecule has 0 spiro atoms. The average molecular weight is 323 g/mol. The Morgan fingerprint density at radius 3 is 2.71 bits per heavy atom. The van der Waals surface area contributed by atoms with E-state index in [9.17, 15) is 4.79 Å². The van der Waals surface area contributed by atoms with E-state index in [1.54, 1.807) is 10.6 Å². The lowest BCUT2D eigenvalue weighted by Gasteiger charge is -2.11. The Morgan fingerprint density at radius 1 is 1.50 bits per heavy atom. The number of halogens is 2. The lowest BCUT2D eigenvalue weighted by molar-refractivity contribution is 0.458. The molecule has 0 amide bonds. The smallest absolute Gasteiger partial charge is 0.264 e. The predicted octanol–water partition coefficient (Wildman–Crippen LogP) is 3.42. The fourth-order valence-corrected chi connectivity index (χ4v) is 2.42. The van der Waals surface area contributed by atoms with Gasteiger partial charge in [0, 0.05) is 17.2 Å². The first-order valence-electron chi connectivity index (χ1n) is 4.60. The molecule has 0 saturated carbocycles. The third kappa shape index (κ3) is 2.95. The van der Waals surface area contributed by atoms with Gasteiger partial charge in [-0.05, 0) is 43.8 Å². The summed E-state index contributed by atoms with van der Waals surface area (Å²) < 4.78 is 3.27. The van der Waals surface area contributed by atoms with Crippen LogP contribution in [-0.2, 0) is 6.54 Å². The van der Waals surface area contributed by atoms with E-state index in [1.165, 1.54) is 0 Å². The molecule has 0 aliphatic carbocycles. The highest BCUT2D eigenvalue weighted by Crippen LogP contribution is 2.14. The molecular weight excluding hydrogens is 310 g/mol. The average Bonchev–Trinajstić information content (AvgIpc) is 2.13. The Morgan fingerprint density at radius 2 is 2.14 bits per heavy atom. The van der Waals surface area contributed by atoms with Crippen LogP contribution in [0.3, 0.4) is 0 Å². The number of hydrogen-bond donors (Lipinski definition) is 0. The molecule has 2 nitrogen and oxygen atoms in total. The molecule has 1 heterocycles. The maximum absolute atomic E-state index is 11.7. The van der Waals surface area contributed by atoms with Gasteiger partial charge in [0.1, 0.15) is 0 Å². The summed E-state index contributed by atoms with van der Waals surface area (Å²) in [5, 5.41) is 0. The summed E-state index contributed by atoms with van der Waals surface area (Å²) in [4.78, 5) is 11.7. The summed E-state index contributed by atoms with van der Waals surface area (Å²) in [5.41, 5.74) is 0.0356. The maximum atomic E-state index is 11.7. The van der Waals surface area contributed by atoms with Crippen LogP contribution in [0.25, 0.3) is 0 Å². The fourth-order valence-electron chi connectivity index (χ4n) is 1.17. The van der Waals surface area contributed by atoms with Crippen molar-refractivity contribution >= 4 is 31.9 Å². The normalized spacial score (nSPS) is 12.9. The van der Waals surface area contributed by atoms with Crippen molar-refractivity contribution in [3.8, 4) is 0 Å². The minimum atomic E-state index is 0.0356. The molecule has 1 aromatic heterocycles. The van der Waals surface area contributed by atoms with Gasteiger partial charge in [0.15, 0.2) is 0 Å². The summed E-state index contributed by atoms with van der Waals surface area (Å²) >= 11 is 6.61. The zero-order chi connectivity index (χ0) is 10.7. The second kappa shape index (κ2) is 5.12. The number of aromatic nitrogens is 1. The highest BCUT2D eigenvalue weighted by molar-refractivity contribution is 9.11. The first kappa shape index (κ1) is 12.0. The largest absolute Gasteiger partial charge is 0.313 e. The maximum Gasteiger partial charge on any atom is 0.264 e. The molecule has 14 heavy (non-hydrogen) atoms. The van der Waals surface area contributed by atoms with E-state index < -0.39 is 0 Å².